The number of anilines is 1. The Hall–Kier alpha value is -1.94. The zero-order valence-electron chi connectivity index (χ0n) is 14.3. The second-order valence-electron chi connectivity index (χ2n) is 6.61. The van der Waals surface area contributed by atoms with Crippen molar-refractivity contribution in [3.63, 3.8) is 0 Å². The first kappa shape index (κ1) is 15.9. The fraction of sp³-hybridized carbons (Fsp3) is 0.474. The smallest absolute Gasteiger partial charge is 0.223 e. The van der Waals surface area contributed by atoms with Gasteiger partial charge in [0.1, 0.15) is 0 Å². The molecule has 0 amide bonds. The third-order valence-corrected chi connectivity index (χ3v) is 4.52. The summed E-state index contributed by atoms with van der Waals surface area (Å²) in [6, 6.07) is 8.56. The lowest BCUT2D eigenvalue weighted by molar-refractivity contribution is 0.389. The number of hydrogen-bond acceptors (Lipinski definition) is 4. The van der Waals surface area contributed by atoms with Crippen molar-refractivity contribution in [1.82, 2.24) is 15.3 Å². The highest BCUT2D eigenvalue weighted by atomic mass is 15.1. The van der Waals surface area contributed by atoms with Crippen LogP contribution in [0.3, 0.4) is 0 Å². The summed E-state index contributed by atoms with van der Waals surface area (Å²) in [7, 11) is 0. The van der Waals surface area contributed by atoms with Crippen molar-refractivity contribution in [1.29, 1.82) is 0 Å². The quantitative estimate of drug-likeness (QED) is 0.908. The molecular formula is C19H26N4. The number of hydrogen-bond donors (Lipinski definition) is 2. The van der Waals surface area contributed by atoms with E-state index in [2.05, 4.69) is 53.7 Å². The average molecular weight is 310 g/mol. The molecule has 0 aliphatic carbocycles. The van der Waals surface area contributed by atoms with Crippen molar-refractivity contribution in [3.05, 3.63) is 41.1 Å². The Bertz CT molecular complexity index is 675. The summed E-state index contributed by atoms with van der Waals surface area (Å²) in [6.45, 7) is 9.49. The molecule has 0 atom stereocenters. The molecule has 1 aliphatic rings. The van der Waals surface area contributed by atoms with Gasteiger partial charge in [-0.1, -0.05) is 23.8 Å². The van der Waals surface area contributed by atoms with E-state index >= 15 is 0 Å². The van der Waals surface area contributed by atoms with Crippen LogP contribution in [0, 0.1) is 26.7 Å². The minimum atomic E-state index is 0.713. The van der Waals surface area contributed by atoms with Crippen LogP contribution in [0.2, 0.25) is 0 Å². The number of piperidine rings is 1. The molecule has 0 radical (unpaired) electrons. The SMILES string of the molecule is Cc1ccc(-c2cc(C)nc(NCC3CCNCC3)n2)c(C)c1. The maximum Gasteiger partial charge on any atom is 0.223 e. The first-order valence-corrected chi connectivity index (χ1v) is 8.50. The second-order valence-corrected chi connectivity index (χ2v) is 6.61. The molecule has 0 bridgehead atoms. The predicted molar refractivity (Wildman–Crippen MR) is 95.8 cm³/mol. The van der Waals surface area contributed by atoms with Gasteiger partial charge in [-0.25, -0.2) is 9.97 Å². The molecule has 0 spiro atoms. The van der Waals surface area contributed by atoms with Crippen molar-refractivity contribution in [2.75, 3.05) is 25.0 Å². The predicted octanol–water partition coefficient (Wildman–Crippen LogP) is 3.48. The molecule has 1 saturated heterocycles. The van der Waals surface area contributed by atoms with Crippen LogP contribution >= 0.6 is 0 Å². The Morgan fingerprint density at radius 2 is 1.87 bits per heavy atom. The summed E-state index contributed by atoms with van der Waals surface area (Å²) in [5, 5.41) is 6.85. The van der Waals surface area contributed by atoms with Crippen LogP contribution in [0.15, 0.2) is 24.3 Å². The monoisotopic (exact) mass is 310 g/mol. The van der Waals surface area contributed by atoms with Crippen molar-refractivity contribution in [2.45, 2.75) is 33.6 Å². The molecule has 2 heterocycles. The number of benzene rings is 1. The molecule has 0 saturated carbocycles. The number of aromatic nitrogens is 2. The Morgan fingerprint density at radius 3 is 2.61 bits per heavy atom. The zero-order valence-corrected chi connectivity index (χ0v) is 14.3. The summed E-state index contributed by atoms with van der Waals surface area (Å²) in [6.07, 6.45) is 2.45. The van der Waals surface area contributed by atoms with E-state index in [1.165, 1.54) is 29.5 Å². The van der Waals surface area contributed by atoms with Crippen molar-refractivity contribution in [3.8, 4) is 11.3 Å². The average Bonchev–Trinajstić information content (AvgIpc) is 2.53. The standard InChI is InChI=1S/C19H26N4/c1-13-4-5-17(14(2)10-13)18-11-15(3)22-19(23-18)21-12-16-6-8-20-9-7-16/h4-5,10-11,16,20H,6-9,12H2,1-3H3,(H,21,22,23). The minimum absolute atomic E-state index is 0.713. The highest BCUT2D eigenvalue weighted by Gasteiger charge is 2.14. The third kappa shape index (κ3) is 4.08. The molecule has 4 heteroatoms. The van der Waals surface area contributed by atoms with Crippen LogP contribution in [-0.4, -0.2) is 29.6 Å². The molecule has 2 aromatic rings. The van der Waals surface area contributed by atoms with Crippen molar-refractivity contribution in [2.24, 2.45) is 5.92 Å². The molecule has 122 valence electrons. The normalized spacial score (nSPS) is 15.6. The van der Waals surface area contributed by atoms with Gasteiger partial charge in [0.05, 0.1) is 5.69 Å². The Kier molecular flexibility index (Phi) is 4.91. The Balaban J connectivity index is 1.78. The van der Waals surface area contributed by atoms with Crippen molar-refractivity contribution >= 4 is 5.95 Å². The van der Waals surface area contributed by atoms with Gasteiger partial charge in [-0.15, -0.1) is 0 Å². The van der Waals surface area contributed by atoms with Gasteiger partial charge in [-0.05, 0) is 64.3 Å². The molecule has 1 aromatic heterocycles. The van der Waals surface area contributed by atoms with Gasteiger partial charge in [-0.2, -0.15) is 0 Å². The molecule has 1 aromatic carbocycles. The Labute approximate surface area is 138 Å². The van der Waals surface area contributed by atoms with E-state index < -0.39 is 0 Å². The Morgan fingerprint density at radius 1 is 1.09 bits per heavy atom. The first-order chi connectivity index (χ1) is 11.1. The summed E-state index contributed by atoms with van der Waals surface area (Å²) in [5.41, 5.74) is 5.73. The molecule has 4 nitrogen and oxygen atoms in total. The van der Waals surface area contributed by atoms with Crippen LogP contribution in [0.5, 0.6) is 0 Å². The van der Waals surface area contributed by atoms with E-state index in [0.29, 0.717) is 5.92 Å². The number of nitrogens with zero attached hydrogens (tertiary/aromatic N) is 2. The maximum absolute atomic E-state index is 4.74. The number of rotatable bonds is 4. The number of aryl methyl sites for hydroxylation is 3. The molecule has 1 aliphatic heterocycles. The zero-order chi connectivity index (χ0) is 16.2. The van der Waals surface area contributed by atoms with Gasteiger partial charge in [0, 0.05) is 17.8 Å². The van der Waals surface area contributed by atoms with E-state index in [1.54, 1.807) is 0 Å². The molecule has 1 fully saturated rings. The van der Waals surface area contributed by atoms with Gasteiger partial charge in [0.15, 0.2) is 0 Å². The van der Waals surface area contributed by atoms with E-state index in [0.717, 1.165) is 37.0 Å². The topological polar surface area (TPSA) is 49.8 Å². The summed E-state index contributed by atoms with van der Waals surface area (Å²) in [5.74, 6) is 1.46. The van der Waals surface area contributed by atoms with Crippen LogP contribution in [0.4, 0.5) is 5.95 Å². The number of nitrogens with one attached hydrogen (secondary N) is 2. The van der Waals surface area contributed by atoms with E-state index in [1.807, 2.05) is 6.92 Å². The molecule has 0 unspecified atom stereocenters. The summed E-state index contributed by atoms with van der Waals surface area (Å²) < 4.78 is 0. The van der Waals surface area contributed by atoms with E-state index in [4.69, 9.17) is 4.98 Å². The highest BCUT2D eigenvalue weighted by molar-refractivity contribution is 5.65. The van der Waals surface area contributed by atoms with Gasteiger partial charge in [0.25, 0.3) is 0 Å². The molecule has 2 N–H and O–H groups in total. The van der Waals surface area contributed by atoms with Gasteiger partial charge < -0.3 is 10.6 Å². The second kappa shape index (κ2) is 7.09. The molecule has 23 heavy (non-hydrogen) atoms. The first-order valence-electron chi connectivity index (χ1n) is 8.50. The van der Waals surface area contributed by atoms with Gasteiger partial charge in [0.2, 0.25) is 5.95 Å². The minimum Gasteiger partial charge on any atom is -0.354 e. The molecule has 3 rings (SSSR count). The lowest BCUT2D eigenvalue weighted by Gasteiger charge is -2.22. The lowest BCUT2D eigenvalue weighted by Crippen LogP contribution is -2.31. The van der Waals surface area contributed by atoms with Gasteiger partial charge >= 0.3 is 0 Å². The summed E-state index contributed by atoms with van der Waals surface area (Å²) >= 11 is 0. The van der Waals surface area contributed by atoms with Crippen LogP contribution in [0.1, 0.15) is 29.7 Å². The van der Waals surface area contributed by atoms with Crippen LogP contribution < -0.4 is 10.6 Å². The van der Waals surface area contributed by atoms with Crippen LogP contribution in [0.25, 0.3) is 11.3 Å². The van der Waals surface area contributed by atoms with Crippen molar-refractivity contribution < 1.29 is 0 Å². The van der Waals surface area contributed by atoms with Gasteiger partial charge in [-0.3, -0.25) is 0 Å². The van der Waals surface area contributed by atoms with Crippen LogP contribution in [-0.2, 0) is 0 Å². The largest absolute Gasteiger partial charge is 0.354 e. The fourth-order valence-electron chi connectivity index (χ4n) is 3.21. The molecular weight excluding hydrogens is 284 g/mol. The lowest BCUT2D eigenvalue weighted by atomic mass is 9.98. The highest BCUT2D eigenvalue weighted by Crippen LogP contribution is 2.24. The van der Waals surface area contributed by atoms with E-state index in [-0.39, 0.29) is 0 Å². The maximum atomic E-state index is 4.74. The third-order valence-electron chi connectivity index (χ3n) is 4.52. The summed E-state index contributed by atoms with van der Waals surface area (Å²) in [4.78, 5) is 9.29. The fourth-order valence-corrected chi connectivity index (χ4v) is 3.21. The van der Waals surface area contributed by atoms with E-state index in [9.17, 15) is 0 Å².